The van der Waals surface area contributed by atoms with Crippen molar-refractivity contribution in [2.45, 2.75) is 11.3 Å². The van der Waals surface area contributed by atoms with Gasteiger partial charge in [-0.1, -0.05) is 0 Å². The summed E-state index contributed by atoms with van der Waals surface area (Å²) in [7, 11) is -3.81. The van der Waals surface area contributed by atoms with Crippen LogP contribution in [0.3, 0.4) is 0 Å². The fourth-order valence-corrected chi connectivity index (χ4v) is 2.84. The van der Waals surface area contributed by atoms with Crippen molar-refractivity contribution >= 4 is 27.5 Å². The molecular formula is C10H15FN2O2S2. The summed E-state index contributed by atoms with van der Waals surface area (Å²) in [5, 5.41) is 0. The van der Waals surface area contributed by atoms with Crippen molar-refractivity contribution in [2.75, 3.05) is 24.3 Å². The van der Waals surface area contributed by atoms with Gasteiger partial charge in [-0.05, 0) is 36.6 Å². The first-order valence-corrected chi connectivity index (χ1v) is 7.88. The van der Waals surface area contributed by atoms with Crippen LogP contribution in [0, 0.1) is 5.82 Å². The molecule has 0 aliphatic carbocycles. The molecule has 0 heterocycles. The van der Waals surface area contributed by atoms with Crippen molar-refractivity contribution in [3.8, 4) is 0 Å². The van der Waals surface area contributed by atoms with E-state index in [1.54, 1.807) is 11.8 Å². The van der Waals surface area contributed by atoms with Crippen LogP contribution >= 0.6 is 11.8 Å². The SMILES string of the molecule is CSCCCNS(=O)(=O)c1cc(N)ccc1F. The molecule has 3 N–H and O–H groups in total. The lowest BCUT2D eigenvalue weighted by atomic mass is 10.3. The molecule has 96 valence electrons. The highest BCUT2D eigenvalue weighted by atomic mass is 32.2. The molecule has 0 aliphatic rings. The first-order valence-electron chi connectivity index (χ1n) is 5.01. The Labute approximate surface area is 105 Å². The van der Waals surface area contributed by atoms with Crippen molar-refractivity contribution in [1.29, 1.82) is 0 Å². The van der Waals surface area contributed by atoms with Crippen LogP contribution in [0.25, 0.3) is 0 Å². The first kappa shape index (κ1) is 14.3. The highest BCUT2D eigenvalue weighted by molar-refractivity contribution is 7.98. The van der Waals surface area contributed by atoms with Crippen LogP contribution in [0.2, 0.25) is 0 Å². The lowest BCUT2D eigenvalue weighted by molar-refractivity contribution is 0.557. The van der Waals surface area contributed by atoms with Gasteiger partial charge in [-0.3, -0.25) is 0 Å². The van der Waals surface area contributed by atoms with E-state index >= 15 is 0 Å². The van der Waals surface area contributed by atoms with Crippen molar-refractivity contribution in [1.82, 2.24) is 4.72 Å². The Hall–Kier alpha value is -0.790. The normalized spacial score (nSPS) is 11.6. The Morgan fingerprint density at radius 1 is 1.47 bits per heavy atom. The van der Waals surface area contributed by atoms with E-state index in [0.29, 0.717) is 6.42 Å². The zero-order chi connectivity index (χ0) is 12.9. The van der Waals surface area contributed by atoms with Gasteiger partial charge in [-0.15, -0.1) is 0 Å². The molecule has 0 amide bonds. The predicted octanol–water partition coefficient (Wildman–Crippen LogP) is 1.44. The summed E-state index contributed by atoms with van der Waals surface area (Å²) in [5.41, 5.74) is 5.66. The second-order valence-corrected chi connectivity index (χ2v) is 6.15. The van der Waals surface area contributed by atoms with E-state index in [4.69, 9.17) is 5.73 Å². The summed E-state index contributed by atoms with van der Waals surface area (Å²) < 4.78 is 39.2. The van der Waals surface area contributed by atoms with Gasteiger partial charge in [-0.25, -0.2) is 17.5 Å². The van der Waals surface area contributed by atoms with E-state index in [2.05, 4.69) is 4.72 Å². The fraction of sp³-hybridized carbons (Fsp3) is 0.400. The van der Waals surface area contributed by atoms with Crippen LogP contribution in [0.1, 0.15) is 6.42 Å². The number of nitrogens with two attached hydrogens (primary N) is 1. The van der Waals surface area contributed by atoms with Gasteiger partial charge in [0.2, 0.25) is 10.0 Å². The molecule has 0 radical (unpaired) electrons. The number of thioether (sulfide) groups is 1. The molecule has 0 unspecified atom stereocenters. The fourth-order valence-electron chi connectivity index (χ4n) is 1.23. The maximum atomic E-state index is 13.4. The molecule has 1 aromatic carbocycles. The lowest BCUT2D eigenvalue weighted by Gasteiger charge is -2.07. The summed E-state index contributed by atoms with van der Waals surface area (Å²) in [5.74, 6) is 0.0543. The van der Waals surface area contributed by atoms with Gasteiger partial charge in [0.25, 0.3) is 0 Å². The van der Waals surface area contributed by atoms with E-state index < -0.39 is 20.7 Å². The highest BCUT2D eigenvalue weighted by Gasteiger charge is 2.18. The number of rotatable bonds is 6. The van der Waals surface area contributed by atoms with E-state index in [-0.39, 0.29) is 12.2 Å². The Bertz CT molecular complexity index is 477. The zero-order valence-electron chi connectivity index (χ0n) is 9.44. The maximum Gasteiger partial charge on any atom is 0.243 e. The van der Waals surface area contributed by atoms with Gasteiger partial charge in [0.05, 0.1) is 0 Å². The second kappa shape index (κ2) is 6.23. The van der Waals surface area contributed by atoms with E-state index in [1.807, 2.05) is 6.26 Å². The minimum atomic E-state index is -3.81. The standard InChI is InChI=1S/C10H15FN2O2S2/c1-16-6-2-5-13-17(14,15)10-7-8(12)3-4-9(10)11/h3-4,7,13H,2,5-6,12H2,1H3. The van der Waals surface area contributed by atoms with Gasteiger partial charge >= 0.3 is 0 Å². The minimum Gasteiger partial charge on any atom is -0.399 e. The summed E-state index contributed by atoms with van der Waals surface area (Å²) in [4.78, 5) is -0.401. The molecule has 7 heteroatoms. The highest BCUT2D eigenvalue weighted by Crippen LogP contribution is 2.17. The Morgan fingerprint density at radius 3 is 2.82 bits per heavy atom. The van der Waals surface area contributed by atoms with Crippen molar-refractivity contribution in [3.63, 3.8) is 0 Å². The monoisotopic (exact) mass is 278 g/mol. The summed E-state index contributed by atoms with van der Waals surface area (Å²) >= 11 is 1.62. The first-order chi connectivity index (χ1) is 7.97. The average Bonchev–Trinajstić information content (AvgIpc) is 2.28. The molecular weight excluding hydrogens is 263 g/mol. The number of halogens is 1. The van der Waals surface area contributed by atoms with Gasteiger partial charge in [0.1, 0.15) is 10.7 Å². The molecule has 17 heavy (non-hydrogen) atoms. The number of nitrogens with one attached hydrogen (secondary N) is 1. The van der Waals surface area contributed by atoms with Gasteiger partial charge in [-0.2, -0.15) is 11.8 Å². The van der Waals surface area contributed by atoms with Gasteiger partial charge in [0, 0.05) is 12.2 Å². The van der Waals surface area contributed by atoms with Crippen LogP contribution in [-0.2, 0) is 10.0 Å². The smallest absolute Gasteiger partial charge is 0.243 e. The number of sulfonamides is 1. The minimum absolute atomic E-state index is 0.218. The third kappa shape index (κ3) is 4.18. The lowest BCUT2D eigenvalue weighted by Crippen LogP contribution is -2.26. The molecule has 0 fully saturated rings. The van der Waals surface area contributed by atoms with Gasteiger partial charge in [0.15, 0.2) is 0 Å². The van der Waals surface area contributed by atoms with Crippen LogP contribution in [0.4, 0.5) is 10.1 Å². The van der Waals surface area contributed by atoms with E-state index in [9.17, 15) is 12.8 Å². The zero-order valence-corrected chi connectivity index (χ0v) is 11.1. The van der Waals surface area contributed by atoms with Crippen molar-refractivity contribution < 1.29 is 12.8 Å². The Morgan fingerprint density at radius 2 is 2.18 bits per heavy atom. The molecule has 0 aromatic heterocycles. The molecule has 0 atom stereocenters. The summed E-state index contributed by atoms with van der Waals surface area (Å²) in [6.45, 7) is 0.289. The molecule has 0 saturated carbocycles. The molecule has 1 rings (SSSR count). The van der Waals surface area contributed by atoms with E-state index in [0.717, 1.165) is 17.9 Å². The van der Waals surface area contributed by atoms with Crippen LogP contribution in [-0.4, -0.2) is 27.0 Å². The Balaban J connectivity index is 2.79. The van der Waals surface area contributed by atoms with E-state index in [1.165, 1.54) is 6.07 Å². The third-order valence-corrected chi connectivity index (χ3v) is 4.24. The summed E-state index contributed by atoms with van der Waals surface area (Å²) in [6.07, 6.45) is 2.64. The number of hydrogen-bond donors (Lipinski definition) is 2. The van der Waals surface area contributed by atoms with Crippen LogP contribution in [0.15, 0.2) is 23.1 Å². The molecule has 0 aliphatic heterocycles. The average molecular weight is 278 g/mol. The van der Waals surface area contributed by atoms with Crippen molar-refractivity contribution in [2.24, 2.45) is 0 Å². The topological polar surface area (TPSA) is 72.2 Å². The number of benzene rings is 1. The Kier molecular flexibility index (Phi) is 5.23. The molecule has 4 nitrogen and oxygen atoms in total. The molecule has 0 spiro atoms. The largest absolute Gasteiger partial charge is 0.399 e. The van der Waals surface area contributed by atoms with Gasteiger partial charge < -0.3 is 5.73 Å². The maximum absolute atomic E-state index is 13.4. The van der Waals surface area contributed by atoms with Crippen LogP contribution < -0.4 is 10.5 Å². The summed E-state index contributed by atoms with van der Waals surface area (Å²) in [6, 6.07) is 3.49. The number of anilines is 1. The quantitative estimate of drug-likeness (QED) is 0.610. The number of hydrogen-bond acceptors (Lipinski definition) is 4. The second-order valence-electron chi connectivity index (χ2n) is 3.43. The predicted molar refractivity (Wildman–Crippen MR) is 69.0 cm³/mol. The van der Waals surface area contributed by atoms with Crippen molar-refractivity contribution in [3.05, 3.63) is 24.0 Å². The molecule has 0 bridgehead atoms. The third-order valence-electron chi connectivity index (χ3n) is 2.06. The molecule has 1 aromatic rings. The molecule has 0 saturated heterocycles. The van der Waals surface area contributed by atoms with Crippen LogP contribution in [0.5, 0.6) is 0 Å². The number of nitrogen functional groups attached to an aromatic ring is 1.